The Kier molecular flexibility index (Phi) is 5.02. The number of halogens is 4. The molecule has 0 fully saturated rings. The molecule has 0 aliphatic rings. The monoisotopic (exact) mass is 359 g/mol. The maximum atomic E-state index is 12.6. The summed E-state index contributed by atoms with van der Waals surface area (Å²) in [7, 11) is -2.59. The van der Waals surface area contributed by atoms with Gasteiger partial charge < -0.3 is 0 Å². The minimum Gasteiger partial charge on any atom is -0.207 e. The highest BCUT2D eigenvalue weighted by Gasteiger charge is 2.32. The predicted molar refractivity (Wildman–Crippen MR) is 69.6 cm³/mol. The fourth-order valence-electron chi connectivity index (χ4n) is 1.47. The van der Waals surface area contributed by atoms with Crippen LogP contribution in [0.25, 0.3) is 0 Å². The largest absolute Gasteiger partial charge is 0.416 e. The summed E-state index contributed by atoms with van der Waals surface area (Å²) in [6.45, 7) is 1.91. The first-order valence-electron chi connectivity index (χ1n) is 5.33. The lowest BCUT2D eigenvalue weighted by molar-refractivity contribution is -0.137. The number of benzene rings is 1. The van der Waals surface area contributed by atoms with E-state index in [-0.39, 0.29) is 16.3 Å². The third-order valence-corrected chi connectivity index (χ3v) is 4.49. The molecule has 0 heterocycles. The zero-order valence-corrected chi connectivity index (χ0v) is 12.7. The summed E-state index contributed by atoms with van der Waals surface area (Å²) in [5.41, 5.74) is -0.978. The molecule has 0 N–H and O–H groups in total. The van der Waals surface area contributed by atoms with Crippen molar-refractivity contribution < 1.29 is 21.6 Å². The number of alkyl halides is 4. The third kappa shape index (κ3) is 4.19. The van der Waals surface area contributed by atoms with Gasteiger partial charge in [-0.1, -0.05) is 28.9 Å². The highest BCUT2D eigenvalue weighted by atomic mass is 79.9. The van der Waals surface area contributed by atoms with Gasteiger partial charge in [-0.2, -0.15) is 17.5 Å². The number of hydrogen-bond donors (Lipinski definition) is 0. The number of rotatable bonds is 4. The molecule has 1 aromatic carbocycles. The number of nitrogens with zero attached hydrogens (tertiary/aromatic N) is 1. The summed E-state index contributed by atoms with van der Waals surface area (Å²) < 4.78 is 62.8. The zero-order valence-electron chi connectivity index (χ0n) is 10.3. The average Bonchev–Trinajstić information content (AvgIpc) is 2.27. The standard InChI is InChI=1S/C11H13BrF3NO2S/c1-8(12)7-16(2)19(17,18)10-5-3-4-9(6-10)11(13,14)15/h3-6,8H,7H2,1-2H3. The molecule has 3 nitrogen and oxygen atoms in total. The molecular weight excluding hydrogens is 347 g/mol. The van der Waals surface area contributed by atoms with Crippen molar-refractivity contribution in [3.05, 3.63) is 29.8 Å². The Morgan fingerprint density at radius 1 is 1.37 bits per heavy atom. The fraction of sp³-hybridized carbons (Fsp3) is 0.455. The second-order valence-electron chi connectivity index (χ2n) is 4.09. The van der Waals surface area contributed by atoms with Crippen LogP contribution in [0.2, 0.25) is 0 Å². The van der Waals surface area contributed by atoms with Crippen LogP contribution in [-0.2, 0) is 16.2 Å². The van der Waals surface area contributed by atoms with Gasteiger partial charge in [0.25, 0.3) is 0 Å². The van der Waals surface area contributed by atoms with E-state index in [0.29, 0.717) is 6.07 Å². The van der Waals surface area contributed by atoms with Gasteiger partial charge in [-0.25, -0.2) is 8.42 Å². The van der Waals surface area contributed by atoms with Crippen LogP contribution in [0, 0.1) is 0 Å². The van der Waals surface area contributed by atoms with Crippen LogP contribution in [0.15, 0.2) is 29.2 Å². The van der Waals surface area contributed by atoms with Crippen molar-refractivity contribution in [1.82, 2.24) is 4.31 Å². The lowest BCUT2D eigenvalue weighted by Crippen LogP contribution is -2.31. The van der Waals surface area contributed by atoms with Crippen LogP contribution in [-0.4, -0.2) is 31.1 Å². The molecule has 1 aromatic rings. The van der Waals surface area contributed by atoms with E-state index in [1.165, 1.54) is 7.05 Å². The summed E-state index contributed by atoms with van der Waals surface area (Å²) >= 11 is 3.20. The lowest BCUT2D eigenvalue weighted by Gasteiger charge is -2.19. The van der Waals surface area contributed by atoms with Gasteiger partial charge >= 0.3 is 6.18 Å². The normalized spacial score (nSPS) is 14.7. The minimum atomic E-state index is -4.56. The molecule has 0 amide bonds. The quantitative estimate of drug-likeness (QED) is 0.774. The highest BCUT2D eigenvalue weighted by molar-refractivity contribution is 9.09. The zero-order chi connectivity index (χ0) is 14.8. The Bertz CT molecular complexity index is 543. The van der Waals surface area contributed by atoms with Gasteiger partial charge in [-0.15, -0.1) is 0 Å². The van der Waals surface area contributed by atoms with E-state index in [0.717, 1.165) is 22.5 Å². The number of hydrogen-bond acceptors (Lipinski definition) is 2. The molecule has 0 aliphatic heterocycles. The molecule has 1 atom stereocenters. The van der Waals surface area contributed by atoms with E-state index in [1.54, 1.807) is 6.92 Å². The van der Waals surface area contributed by atoms with Crippen molar-refractivity contribution in [3.63, 3.8) is 0 Å². The lowest BCUT2D eigenvalue weighted by atomic mass is 10.2. The SMILES string of the molecule is CC(Br)CN(C)S(=O)(=O)c1cccc(C(F)(F)F)c1. The third-order valence-electron chi connectivity index (χ3n) is 2.38. The van der Waals surface area contributed by atoms with Crippen LogP contribution >= 0.6 is 15.9 Å². The van der Waals surface area contributed by atoms with Crippen molar-refractivity contribution in [2.24, 2.45) is 0 Å². The van der Waals surface area contributed by atoms with E-state index in [9.17, 15) is 21.6 Å². The van der Waals surface area contributed by atoms with Crippen LogP contribution in [0.4, 0.5) is 13.2 Å². The Morgan fingerprint density at radius 2 is 1.95 bits per heavy atom. The second-order valence-corrected chi connectivity index (χ2v) is 7.70. The van der Waals surface area contributed by atoms with Gasteiger partial charge in [0, 0.05) is 18.4 Å². The summed E-state index contributed by atoms with van der Waals surface area (Å²) in [6, 6.07) is 3.72. The second kappa shape index (κ2) is 5.80. The average molecular weight is 360 g/mol. The maximum absolute atomic E-state index is 12.6. The van der Waals surface area contributed by atoms with E-state index >= 15 is 0 Å². The van der Waals surface area contributed by atoms with Crippen molar-refractivity contribution >= 4 is 26.0 Å². The van der Waals surface area contributed by atoms with Crippen molar-refractivity contribution in [1.29, 1.82) is 0 Å². The maximum Gasteiger partial charge on any atom is 0.416 e. The highest BCUT2D eigenvalue weighted by Crippen LogP contribution is 2.31. The van der Waals surface area contributed by atoms with Crippen molar-refractivity contribution in [2.45, 2.75) is 22.8 Å². The predicted octanol–water partition coefficient (Wildman–Crippen LogP) is 3.11. The van der Waals surface area contributed by atoms with E-state index in [4.69, 9.17) is 0 Å². The molecule has 0 aliphatic carbocycles. The summed E-state index contributed by atoms with van der Waals surface area (Å²) in [5, 5.41) is 0. The summed E-state index contributed by atoms with van der Waals surface area (Å²) in [5.74, 6) is 0. The smallest absolute Gasteiger partial charge is 0.207 e. The molecule has 1 rings (SSSR count). The van der Waals surface area contributed by atoms with Crippen LogP contribution in [0.1, 0.15) is 12.5 Å². The summed E-state index contributed by atoms with van der Waals surface area (Å²) in [6.07, 6.45) is -4.56. The van der Waals surface area contributed by atoms with Gasteiger partial charge in [0.2, 0.25) is 10.0 Å². The van der Waals surface area contributed by atoms with Gasteiger partial charge in [0.05, 0.1) is 10.5 Å². The first kappa shape index (κ1) is 16.5. The first-order chi connectivity index (χ1) is 8.55. The molecule has 0 bridgehead atoms. The van der Waals surface area contributed by atoms with Gasteiger partial charge in [-0.05, 0) is 18.2 Å². The molecule has 8 heteroatoms. The Balaban J connectivity index is 3.16. The topological polar surface area (TPSA) is 37.4 Å². The van der Waals surface area contributed by atoms with Crippen LogP contribution in [0.5, 0.6) is 0 Å². The molecule has 0 radical (unpaired) electrons. The van der Waals surface area contributed by atoms with Crippen LogP contribution in [0.3, 0.4) is 0 Å². The molecule has 19 heavy (non-hydrogen) atoms. The molecule has 108 valence electrons. The molecule has 0 saturated heterocycles. The Labute approximate surface area is 118 Å². The molecule has 0 aromatic heterocycles. The van der Waals surface area contributed by atoms with E-state index in [2.05, 4.69) is 15.9 Å². The fourth-order valence-corrected chi connectivity index (χ4v) is 3.40. The Hall–Kier alpha value is -0.600. The first-order valence-corrected chi connectivity index (χ1v) is 7.68. The van der Waals surface area contributed by atoms with Crippen molar-refractivity contribution in [2.75, 3.05) is 13.6 Å². The van der Waals surface area contributed by atoms with E-state index < -0.39 is 21.8 Å². The molecule has 1 unspecified atom stereocenters. The minimum absolute atomic E-state index is 0.0990. The Morgan fingerprint density at radius 3 is 2.42 bits per heavy atom. The molecule has 0 spiro atoms. The van der Waals surface area contributed by atoms with Gasteiger partial charge in [0.15, 0.2) is 0 Å². The number of sulfonamides is 1. The van der Waals surface area contributed by atoms with E-state index in [1.807, 2.05) is 0 Å². The molecular formula is C11H13BrF3NO2S. The van der Waals surface area contributed by atoms with Gasteiger partial charge in [-0.3, -0.25) is 0 Å². The van der Waals surface area contributed by atoms with Crippen molar-refractivity contribution in [3.8, 4) is 0 Å². The van der Waals surface area contributed by atoms with Crippen LogP contribution < -0.4 is 0 Å². The molecule has 0 saturated carbocycles. The summed E-state index contributed by atoms with van der Waals surface area (Å²) in [4.78, 5) is -0.462. The van der Waals surface area contributed by atoms with Gasteiger partial charge in [0.1, 0.15) is 0 Å².